The summed E-state index contributed by atoms with van der Waals surface area (Å²) in [7, 11) is 0. The third-order valence-electron chi connectivity index (χ3n) is 3.22. The number of aromatic nitrogens is 1. The molecule has 24 heavy (non-hydrogen) atoms. The van der Waals surface area contributed by atoms with Gasteiger partial charge in [-0.3, -0.25) is 4.79 Å². The van der Waals surface area contributed by atoms with E-state index in [4.69, 9.17) is 10.5 Å². The summed E-state index contributed by atoms with van der Waals surface area (Å²) in [5.74, 6) is -3.89. The van der Waals surface area contributed by atoms with Crippen molar-refractivity contribution >= 4 is 17.8 Å². The molecule has 9 nitrogen and oxygen atoms in total. The van der Waals surface area contributed by atoms with Gasteiger partial charge in [-0.15, -0.1) is 0 Å². The van der Waals surface area contributed by atoms with Crippen molar-refractivity contribution in [3.63, 3.8) is 0 Å². The number of carboxylic acids is 2. The summed E-state index contributed by atoms with van der Waals surface area (Å²) >= 11 is 0. The minimum absolute atomic E-state index is 0.187. The highest BCUT2D eigenvalue weighted by Crippen LogP contribution is 2.37. The van der Waals surface area contributed by atoms with Crippen LogP contribution in [-0.2, 0) is 0 Å². The molecule has 0 bridgehead atoms. The molecule has 0 saturated heterocycles. The van der Waals surface area contributed by atoms with Crippen molar-refractivity contribution in [3.8, 4) is 22.6 Å². The summed E-state index contributed by atoms with van der Waals surface area (Å²) in [5.41, 5.74) is 2.30. The number of nitrogen functional groups attached to an aromatic ring is 1. The van der Waals surface area contributed by atoms with Gasteiger partial charge < -0.3 is 30.8 Å². The van der Waals surface area contributed by atoms with Crippen LogP contribution in [0.1, 0.15) is 27.6 Å². The number of benzene rings is 1. The predicted molar refractivity (Wildman–Crippen MR) is 83.7 cm³/mol. The Balaban J connectivity index is 2.96. The van der Waals surface area contributed by atoms with Gasteiger partial charge in [0.1, 0.15) is 28.4 Å². The van der Waals surface area contributed by atoms with Crippen molar-refractivity contribution in [3.05, 3.63) is 39.7 Å². The van der Waals surface area contributed by atoms with E-state index in [9.17, 15) is 29.7 Å². The molecule has 0 aliphatic rings. The second-order valence-corrected chi connectivity index (χ2v) is 4.72. The Morgan fingerprint density at radius 3 is 2.38 bits per heavy atom. The lowest BCUT2D eigenvalue weighted by Crippen LogP contribution is -2.24. The number of aromatic amines is 1. The molecule has 9 heteroatoms. The van der Waals surface area contributed by atoms with Crippen LogP contribution in [0, 0.1) is 0 Å². The molecule has 1 aromatic heterocycles. The molecule has 0 saturated carbocycles. The number of H-pyrrole nitrogens is 1. The van der Waals surface area contributed by atoms with Gasteiger partial charge in [0.05, 0.1) is 6.61 Å². The molecule has 0 spiro atoms. The molecule has 0 fully saturated rings. The lowest BCUT2D eigenvalue weighted by molar-refractivity contribution is 0.0695. The van der Waals surface area contributed by atoms with E-state index in [1.54, 1.807) is 6.92 Å². The normalized spacial score (nSPS) is 10.4. The van der Waals surface area contributed by atoms with Crippen LogP contribution in [0.5, 0.6) is 11.5 Å². The monoisotopic (exact) mass is 334 g/mol. The molecule has 0 atom stereocenters. The zero-order valence-corrected chi connectivity index (χ0v) is 12.5. The maximum Gasteiger partial charge on any atom is 0.342 e. The second kappa shape index (κ2) is 6.32. The molecule has 2 aromatic rings. The molecule has 0 radical (unpaired) electrons. The summed E-state index contributed by atoms with van der Waals surface area (Å²) in [6.45, 7) is 2.00. The first-order chi connectivity index (χ1) is 11.3. The number of nitrogens with one attached hydrogen (secondary N) is 1. The van der Waals surface area contributed by atoms with Crippen molar-refractivity contribution in [1.82, 2.24) is 4.98 Å². The van der Waals surface area contributed by atoms with Crippen molar-refractivity contribution in [2.75, 3.05) is 12.3 Å². The maximum absolute atomic E-state index is 12.0. The van der Waals surface area contributed by atoms with E-state index in [-0.39, 0.29) is 11.3 Å². The number of ether oxygens (including phenoxy) is 1. The highest BCUT2D eigenvalue weighted by molar-refractivity contribution is 6.08. The number of aromatic carboxylic acids is 2. The van der Waals surface area contributed by atoms with Gasteiger partial charge in [0.15, 0.2) is 0 Å². The summed E-state index contributed by atoms with van der Waals surface area (Å²) in [6, 6.07) is 3.86. The van der Waals surface area contributed by atoms with Crippen molar-refractivity contribution in [2.45, 2.75) is 6.92 Å². The van der Waals surface area contributed by atoms with E-state index in [2.05, 4.69) is 0 Å². The predicted octanol–water partition coefficient (Wildman–Crippen LogP) is 1.12. The van der Waals surface area contributed by atoms with Crippen LogP contribution < -0.4 is 16.0 Å². The molecule has 1 aromatic carbocycles. The van der Waals surface area contributed by atoms with Gasteiger partial charge in [-0.05, 0) is 25.1 Å². The number of pyridine rings is 1. The van der Waals surface area contributed by atoms with Crippen LogP contribution in [0.2, 0.25) is 0 Å². The van der Waals surface area contributed by atoms with Crippen LogP contribution in [0.15, 0.2) is 23.0 Å². The van der Waals surface area contributed by atoms with Gasteiger partial charge in [0, 0.05) is 11.1 Å². The van der Waals surface area contributed by atoms with Crippen LogP contribution in [0.25, 0.3) is 11.1 Å². The quantitative estimate of drug-likeness (QED) is 0.543. The first-order valence-corrected chi connectivity index (χ1v) is 6.76. The fraction of sp³-hybridized carbons (Fsp3) is 0.133. The molecule has 1 heterocycles. The van der Waals surface area contributed by atoms with Crippen molar-refractivity contribution in [2.24, 2.45) is 0 Å². The van der Waals surface area contributed by atoms with E-state index >= 15 is 0 Å². The van der Waals surface area contributed by atoms with Gasteiger partial charge in [0.25, 0.3) is 5.56 Å². The summed E-state index contributed by atoms with van der Waals surface area (Å²) in [4.78, 5) is 36.9. The van der Waals surface area contributed by atoms with Crippen LogP contribution in [0.4, 0.5) is 5.82 Å². The Hall–Kier alpha value is -3.49. The van der Waals surface area contributed by atoms with Gasteiger partial charge >= 0.3 is 11.9 Å². The molecule has 0 aliphatic heterocycles. The molecule has 6 N–H and O–H groups in total. The highest BCUT2D eigenvalue weighted by Gasteiger charge is 2.28. The number of carbonyl (C=O) groups is 2. The van der Waals surface area contributed by atoms with E-state index in [1.165, 1.54) is 18.2 Å². The van der Waals surface area contributed by atoms with Gasteiger partial charge in [-0.1, -0.05) is 0 Å². The van der Waals surface area contributed by atoms with Gasteiger partial charge in [0.2, 0.25) is 0 Å². The number of phenols is 1. The highest BCUT2D eigenvalue weighted by atomic mass is 16.5. The SMILES string of the molecule is CCOc1ccc(O)c(-c2c(C(=O)O)c(N)[nH]c(=O)c2C(=O)O)c1. The smallest absolute Gasteiger partial charge is 0.342 e. The molecule has 2 rings (SSSR count). The second-order valence-electron chi connectivity index (χ2n) is 4.72. The summed E-state index contributed by atoms with van der Waals surface area (Å²) in [6.07, 6.45) is 0. The molecular weight excluding hydrogens is 320 g/mol. The van der Waals surface area contributed by atoms with E-state index < -0.39 is 45.8 Å². The number of hydrogen-bond acceptors (Lipinski definition) is 6. The van der Waals surface area contributed by atoms with Crippen LogP contribution in [0.3, 0.4) is 0 Å². The lowest BCUT2D eigenvalue weighted by Gasteiger charge is -2.14. The molecular formula is C15H14N2O7. The Bertz CT molecular complexity index is 886. The topological polar surface area (TPSA) is 163 Å². The van der Waals surface area contributed by atoms with E-state index in [1.807, 2.05) is 4.98 Å². The van der Waals surface area contributed by atoms with Crippen LogP contribution in [-0.4, -0.2) is 38.8 Å². The average Bonchev–Trinajstić information content (AvgIpc) is 2.47. The summed E-state index contributed by atoms with van der Waals surface area (Å²) in [5, 5.41) is 28.7. The maximum atomic E-state index is 12.0. The number of rotatable bonds is 5. The Labute approximate surface area is 134 Å². The standard InChI is InChI=1S/C15H14N2O7/c1-2-24-6-3-4-8(18)7(5-6)9-10(14(20)21)12(16)17-13(19)11(9)15(22)23/h3-5,18H,2H2,1H3,(H,20,21)(H,22,23)(H3,16,17,19). The first-order valence-electron chi connectivity index (χ1n) is 6.76. The first kappa shape index (κ1) is 16.9. The van der Waals surface area contributed by atoms with E-state index in [0.717, 1.165) is 0 Å². The molecule has 126 valence electrons. The Kier molecular flexibility index (Phi) is 4.45. The zero-order valence-electron chi connectivity index (χ0n) is 12.5. The largest absolute Gasteiger partial charge is 0.507 e. The number of hydrogen-bond donors (Lipinski definition) is 5. The molecule has 0 aliphatic carbocycles. The fourth-order valence-electron chi connectivity index (χ4n) is 2.29. The number of phenolic OH excluding ortho intramolecular Hbond substituents is 1. The summed E-state index contributed by atoms with van der Waals surface area (Å²) < 4.78 is 5.26. The Morgan fingerprint density at radius 2 is 1.83 bits per heavy atom. The molecule has 0 amide bonds. The number of anilines is 1. The number of nitrogens with two attached hydrogens (primary N) is 1. The van der Waals surface area contributed by atoms with Crippen LogP contribution >= 0.6 is 0 Å². The van der Waals surface area contributed by atoms with Gasteiger partial charge in [-0.2, -0.15) is 0 Å². The third-order valence-corrected chi connectivity index (χ3v) is 3.22. The van der Waals surface area contributed by atoms with Gasteiger partial charge in [-0.25, -0.2) is 9.59 Å². The lowest BCUT2D eigenvalue weighted by atomic mass is 9.94. The van der Waals surface area contributed by atoms with E-state index in [0.29, 0.717) is 6.61 Å². The third kappa shape index (κ3) is 2.86. The average molecular weight is 334 g/mol. The molecule has 0 unspecified atom stereocenters. The minimum Gasteiger partial charge on any atom is -0.507 e. The minimum atomic E-state index is -1.66. The number of aromatic hydroxyl groups is 1. The van der Waals surface area contributed by atoms with Crippen molar-refractivity contribution in [1.29, 1.82) is 0 Å². The fourth-order valence-corrected chi connectivity index (χ4v) is 2.29. The number of carboxylic acid groups (broad SMARTS) is 2. The van der Waals surface area contributed by atoms with Crippen molar-refractivity contribution < 1.29 is 29.6 Å². The zero-order chi connectivity index (χ0) is 18.0. The Morgan fingerprint density at radius 1 is 1.21 bits per heavy atom.